The van der Waals surface area contributed by atoms with E-state index in [1.54, 1.807) is 12.1 Å². The van der Waals surface area contributed by atoms with E-state index in [4.69, 9.17) is 0 Å². The first-order valence-electron chi connectivity index (χ1n) is 6.48. The minimum atomic E-state index is -0.882. The van der Waals surface area contributed by atoms with Crippen LogP contribution >= 0.6 is 11.8 Å². The fourth-order valence-corrected chi connectivity index (χ4v) is 3.65. The molecule has 2 aromatic carbocycles. The molecule has 0 aromatic heterocycles. The van der Waals surface area contributed by atoms with Gasteiger partial charge in [0.15, 0.2) is 0 Å². The molecule has 1 aliphatic heterocycles. The largest absolute Gasteiger partial charge is 0.478 e. The van der Waals surface area contributed by atoms with E-state index in [0.29, 0.717) is 5.56 Å². The first kappa shape index (κ1) is 13.1. The van der Waals surface area contributed by atoms with Crippen molar-refractivity contribution in [2.45, 2.75) is 17.9 Å². The smallest absolute Gasteiger partial charge is 0.336 e. The van der Waals surface area contributed by atoms with E-state index in [0.717, 1.165) is 17.0 Å². The van der Waals surface area contributed by atoms with Gasteiger partial charge in [0.05, 0.1) is 11.6 Å². The van der Waals surface area contributed by atoms with E-state index < -0.39 is 5.97 Å². The highest BCUT2D eigenvalue weighted by Crippen LogP contribution is 2.40. The van der Waals surface area contributed by atoms with Gasteiger partial charge in [-0.25, -0.2) is 4.79 Å². The predicted octanol–water partition coefficient (Wildman–Crippen LogP) is 3.95. The zero-order valence-corrected chi connectivity index (χ0v) is 11.9. The lowest BCUT2D eigenvalue weighted by atomic mass is 10.0. The highest BCUT2D eigenvalue weighted by Gasteiger charge is 2.23. The van der Waals surface area contributed by atoms with E-state index in [-0.39, 0.29) is 6.04 Å². The number of thioether (sulfide) groups is 1. The summed E-state index contributed by atoms with van der Waals surface area (Å²) in [7, 11) is 0. The molecule has 0 saturated carbocycles. The summed E-state index contributed by atoms with van der Waals surface area (Å²) in [4.78, 5) is 12.5. The third-order valence-electron chi connectivity index (χ3n) is 3.59. The normalized spacial score (nSPS) is 16.8. The Morgan fingerprint density at radius 1 is 1.25 bits per heavy atom. The summed E-state index contributed by atoms with van der Waals surface area (Å²) in [5, 5.41) is 12.7. The van der Waals surface area contributed by atoms with Crippen LogP contribution in [0.5, 0.6) is 0 Å². The lowest BCUT2D eigenvalue weighted by Crippen LogP contribution is -2.12. The number of fused-ring (bicyclic) bond motifs is 1. The van der Waals surface area contributed by atoms with Crippen molar-refractivity contribution in [1.82, 2.24) is 0 Å². The van der Waals surface area contributed by atoms with Crippen molar-refractivity contribution in [2.24, 2.45) is 0 Å². The van der Waals surface area contributed by atoms with Crippen LogP contribution in [0.15, 0.2) is 47.4 Å². The fraction of sp³-hybridized carbons (Fsp3) is 0.188. The minimum absolute atomic E-state index is 0.235. The third-order valence-corrected chi connectivity index (χ3v) is 4.78. The number of rotatable bonds is 3. The second kappa shape index (κ2) is 5.21. The molecule has 0 bridgehead atoms. The van der Waals surface area contributed by atoms with Gasteiger partial charge < -0.3 is 10.4 Å². The van der Waals surface area contributed by atoms with Gasteiger partial charge in [-0.05, 0) is 36.2 Å². The quantitative estimate of drug-likeness (QED) is 0.896. The Labute approximate surface area is 122 Å². The van der Waals surface area contributed by atoms with E-state index >= 15 is 0 Å². The number of aromatic carboxylic acids is 1. The van der Waals surface area contributed by atoms with Crippen molar-refractivity contribution in [3.05, 3.63) is 59.2 Å². The zero-order chi connectivity index (χ0) is 14.1. The van der Waals surface area contributed by atoms with Gasteiger partial charge in [-0.1, -0.05) is 24.3 Å². The number of hydrogen-bond acceptors (Lipinski definition) is 3. The molecule has 3 rings (SSSR count). The monoisotopic (exact) mass is 285 g/mol. The first-order valence-corrected chi connectivity index (χ1v) is 7.46. The average molecular weight is 285 g/mol. The molecule has 0 aliphatic carbocycles. The molecule has 20 heavy (non-hydrogen) atoms. The molecule has 0 saturated heterocycles. The fourth-order valence-electron chi connectivity index (χ4n) is 2.49. The van der Waals surface area contributed by atoms with Crippen LogP contribution in [0.25, 0.3) is 0 Å². The third kappa shape index (κ3) is 2.27. The topological polar surface area (TPSA) is 49.3 Å². The summed E-state index contributed by atoms with van der Waals surface area (Å²) >= 11 is 1.83. The van der Waals surface area contributed by atoms with Gasteiger partial charge >= 0.3 is 5.97 Å². The molecule has 0 fully saturated rings. The number of carbonyl (C=O) groups is 1. The Hall–Kier alpha value is -1.94. The summed E-state index contributed by atoms with van der Waals surface area (Å²) in [6, 6.07) is 13.9. The standard InChI is InChI=1S/C16H15NO2S/c1-10-11(16(18)19)6-4-7-13(10)17-14-9-20-15-8-3-2-5-12(14)15/h2-8,14,17H,9H2,1H3,(H,18,19). The van der Waals surface area contributed by atoms with Gasteiger partial charge in [0.25, 0.3) is 0 Å². The lowest BCUT2D eigenvalue weighted by molar-refractivity contribution is 0.0696. The van der Waals surface area contributed by atoms with E-state index in [1.165, 1.54) is 10.5 Å². The molecule has 2 N–H and O–H groups in total. The highest BCUT2D eigenvalue weighted by molar-refractivity contribution is 7.99. The number of benzene rings is 2. The number of hydrogen-bond donors (Lipinski definition) is 2. The Kier molecular flexibility index (Phi) is 3.40. The Morgan fingerprint density at radius 2 is 2.05 bits per heavy atom. The molecule has 2 aromatic rings. The Balaban J connectivity index is 1.90. The maximum atomic E-state index is 11.2. The van der Waals surface area contributed by atoms with Crippen molar-refractivity contribution >= 4 is 23.4 Å². The summed E-state index contributed by atoms with van der Waals surface area (Å²) in [5.41, 5.74) is 3.33. The predicted molar refractivity (Wildman–Crippen MR) is 81.7 cm³/mol. The van der Waals surface area contributed by atoms with Crippen LogP contribution in [0.2, 0.25) is 0 Å². The average Bonchev–Trinajstić information content (AvgIpc) is 2.84. The second-order valence-electron chi connectivity index (χ2n) is 4.83. The molecule has 0 amide bonds. The number of nitrogens with one attached hydrogen (secondary N) is 1. The van der Waals surface area contributed by atoms with Crippen LogP contribution in [0.3, 0.4) is 0 Å². The van der Waals surface area contributed by atoms with Crippen LogP contribution in [-0.2, 0) is 0 Å². The molecule has 1 heterocycles. The summed E-state index contributed by atoms with van der Waals surface area (Å²) < 4.78 is 0. The van der Waals surface area contributed by atoms with E-state index in [9.17, 15) is 9.90 Å². The first-order chi connectivity index (χ1) is 9.66. The van der Waals surface area contributed by atoms with Crippen LogP contribution < -0.4 is 5.32 Å². The van der Waals surface area contributed by atoms with Crippen LogP contribution in [0.4, 0.5) is 5.69 Å². The van der Waals surface area contributed by atoms with Gasteiger partial charge in [0.1, 0.15) is 0 Å². The summed E-state index contributed by atoms with van der Waals surface area (Å²) in [6.07, 6.45) is 0. The number of anilines is 1. The molecule has 1 unspecified atom stereocenters. The van der Waals surface area contributed by atoms with Crippen molar-refractivity contribution in [2.75, 3.05) is 11.1 Å². The van der Waals surface area contributed by atoms with Crippen molar-refractivity contribution in [1.29, 1.82) is 0 Å². The zero-order valence-electron chi connectivity index (χ0n) is 11.1. The molecule has 1 atom stereocenters. The summed E-state index contributed by atoms with van der Waals surface area (Å²) in [6.45, 7) is 1.85. The van der Waals surface area contributed by atoms with Crippen molar-refractivity contribution < 1.29 is 9.90 Å². The summed E-state index contributed by atoms with van der Waals surface area (Å²) in [5.74, 6) is 0.0863. The maximum Gasteiger partial charge on any atom is 0.336 e. The van der Waals surface area contributed by atoms with Gasteiger partial charge in [-0.2, -0.15) is 0 Å². The molecular weight excluding hydrogens is 270 g/mol. The van der Waals surface area contributed by atoms with Gasteiger partial charge in [-0.15, -0.1) is 11.8 Å². The van der Waals surface area contributed by atoms with E-state index in [2.05, 4.69) is 17.4 Å². The van der Waals surface area contributed by atoms with Gasteiger partial charge in [0, 0.05) is 16.3 Å². The molecule has 102 valence electrons. The molecule has 0 radical (unpaired) electrons. The van der Waals surface area contributed by atoms with Crippen molar-refractivity contribution in [3.8, 4) is 0 Å². The molecule has 0 spiro atoms. The lowest BCUT2D eigenvalue weighted by Gasteiger charge is -2.17. The minimum Gasteiger partial charge on any atom is -0.478 e. The maximum absolute atomic E-state index is 11.2. The molecule has 1 aliphatic rings. The van der Waals surface area contributed by atoms with E-state index in [1.807, 2.05) is 36.9 Å². The van der Waals surface area contributed by atoms with Gasteiger partial charge in [0.2, 0.25) is 0 Å². The van der Waals surface area contributed by atoms with Crippen LogP contribution in [0.1, 0.15) is 27.5 Å². The number of carboxylic acid groups (broad SMARTS) is 1. The molecule has 3 nitrogen and oxygen atoms in total. The SMILES string of the molecule is Cc1c(NC2CSc3ccccc32)cccc1C(=O)O. The Morgan fingerprint density at radius 3 is 2.85 bits per heavy atom. The van der Waals surface area contributed by atoms with Crippen LogP contribution in [-0.4, -0.2) is 16.8 Å². The number of carboxylic acids is 1. The highest BCUT2D eigenvalue weighted by atomic mass is 32.2. The molecular formula is C16H15NO2S. The molecule has 4 heteroatoms. The Bertz CT molecular complexity index is 669. The van der Waals surface area contributed by atoms with Gasteiger partial charge in [-0.3, -0.25) is 0 Å². The van der Waals surface area contributed by atoms with Crippen molar-refractivity contribution in [3.63, 3.8) is 0 Å². The second-order valence-corrected chi connectivity index (χ2v) is 5.89. The van der Waals surface area contributed by atoms with Crippen LogP contribution in [0, 0.1) is 6.92 Å².